The Morgan fingerprint density at radius 1 is 1.15 bits per heavy atom. The minimum atomic E-state index is -0.883. The van der Waals surface area contributed by atoms with Gasteiger partial charge in [-0.1, -0.05) is 60.7 Å². The molecule has 2 atom stereocenters. The first-order valence-corrected chi connectivity index (χ1v) is 8.69. The van der Waals surface area contributed by atoms with Gasteiger partial charge in [-0.25, -0.2) is 4.79 Å². The van der Waals surface area contributed by atoms with Gasteiger partial charge in [0, 0.05) is 19.5 Å². The quantitative estimate of drug-likeness (QED) is 0.339. The second-order valence-corrected chi connectivity index (χ2v) is 6.41. The number of hydrogen-bond donors (Lipinski definition) is 1. The number of nitrogens with zero attached hydrogens (tertiary/aromatic N) is 3. The molecular formula is C21H24N3O3+. The average Bonchev–Trinajstić information content (AvgIpc) is 2.67. The number of carbonyl (C=O) groups is 1. The maximum Gasteiger partial charge on any atom is 0.504 e. The number of esters is 1. The summed E-state index contributed by atoms with van der Waals surface area (Å²) >= 11 is 0. The van der Waals surface area contributed by atoms with Crippen LogP contribution in [0.1, 0.15) is 31.1 Å². The van der Waals surface area contributed by atoms with Crippen LogP contribution >= 0.6 is 0 Å². The van der Waals surface area contributed by atoms with E-state index >= 15 is 0 Å². The van der Waals surface area contributed by atoms with E-state index in [0.717, 1.165) is 11.1 Å². The van der Waals surface area contributed by atoms with E-state index in [9.17, 15) is 9.90 Å². The Bertz CT molecular complexity index is 825. The molecule has 0 aliphatic carbocycles. The second-order valence-electron chi connectivity index (χ2n) is 6.41. The Balaban J connectivity index is 2.26. The zero-order chi connectivity index (χ0) is 19.8. The van der Waals surface area contributed by atoms with Crippen LogP contribution in [0.3, 0.4) is 0 Å². The maximum atomic E-state index is 12.4. The summed E-state index contributed by atoms with van der Waals surface area (Å²) in [5, 5.41) is 18.5. The topological polar surface area (TPSA) is 77.9 Å². The third-order valence-corrected chi connectivity index (χ3v) is 4.41. The van der Waals surface area contributed by atoms with Crippen molar-refractivity contribution in [2.45, 2.75) is 32.5 Å². The smallest absolute Gasteiger partial charge is 0.504 e. The van der Waals surface area contributed by atoms with Crippen LogP contribution in [0, 0.1) is 5.39 Å². The lowest BCUT2D eigenvalue weighted by Gasteiger charge is -2.31. The van der Waals surface area contributed by atoms with E-state index in [1.165, 1.54) is 6.92 Å². The van der Waals surface area contributed by atoms with Crippen LogP contribution in [0.2, 0.25) is 0 Å². The molecule has 2 rings (SSSR count). The molecule has 140 valence electrons. The van der Waals surface area contributed by atoms with Crippen LogP contribution in [0.5, 0.6) is 0 Å². The summed E-state index contributed by atoms with van der Waals surface area (Å²) in [5.74, 6) is -1.29. The lowest BCUT2D eigenvalue weighted by molar-refractivity contribution is -0.147. The molecular weight excluding hydrogens is 342 g/mol. The van der Waals surface area contributed by atoms with Gasteiger partial charge in [0.05, 0.1) is 0 Å². The largest absolute Gasteiger partial charge is 0.505 e. The normalized spacial score (nSPS) is 14.0. The van der Waals surface area contributed by atoms with Gasteiger partial charge in [-0.05, 0) is 25.1 Å². The van der Waals surface area contributed by atoms with Crippen molar-refractivity contribution in [2.24, 2.45) is 0 Å². The highest BCUT2D eigenvalue weighted by Gasteiger charge is 2.34. The standard InChI is InChI=1S/C21H23N3O3/c1-15(24(3)14-17-10-6-4-7-11-17)20(18-12-8-5-9-13-18)27-21(26)19(23-22)16(2)25/h4-13,15,20H,14H2,1-3H3/p+1/t15-,20-/m0/s1. The van der Waals surface area contributed by atoms with E-state index in [1.807, 2.05) is 74.6 Å². The third kappa shape index (κ3) is 5.40. The van der Waals surface area contributed by atoms with Gasteiger partial charge in [-0.15, -0.1) is 0 Å². The zero-order valence-electron chi connectivity index (χ0n) is 15.7. The number of carbonyl (C=O) groups excluding carboxylic acids is 1. The zero-order valence-corrected chi connectivity index (χ0v) is 15.7. The van der Waals surface area contributed by atoms with E-state index < -0.39 is 23.5 Å². The highest BCUT2D eigenvalue weighted by atomic mass is 16.5. The molecule has 0 aromatic heterocycles. The first-order chi connectivity index (χ1) is 12.9. The van der Waals surface area contributed by atoms with E-state index in [2.05, 4.69) is 9.88 Å². The van der Waals surface area contributed by atoms with Gasteiger partial charge in [0.15, 0.2) is 10.7 Å². The molecule has 0 saturated heterocycles. The van der Waals surface area contributed by atoms with Crippen LogP contribution < -0.4 is 0 Å². The highest BCUT2D eigenvalue weighted by molar-refractivity contribution is 5.90. The first-order valence-electron chi connectivity index (χ1n) is 8.69. The number of allylic oxidation sites excluding steroid dienone is 1. The third-order valence-electron chi connectivity index (χ3n) is 4.41. The summed E-state index contributed by atoms with van der Waals surface area (Å²) in [6.07, 6.45) is -0.608. The van der Waals surface area contributed by atoms with Gasteiger partial charge in [0.2, 0.25) is 5.39 Å². The Morgan fingerprint density at radius 3 is 2.22 bits per heavy atom. The fourth-order valence-electron chi connectivity index (χ4n) is 2.77. The number of hydrogen-bond acceptors (Lipinski definition) is 5. The molecule has 2 aromatic rings. The summed E-state index contributed by atoms with van der Waals surface area (Å²) in [6.45, 7) is 3.90. The van der Waals surface area contributed by atoms with Crippen molar-refractivity contribution in [3.8, 4) is 0 Å². The Kier molecular flexibility index (Phi) is 7.09. The first kappa shape index (κ1) is 20.1. The van der Waals surface area contributed by atoms with Gasteiger partial charge in [-0.2, -0.15) is 0 Å². The van der Waals surface area contributed by atoms with Gasteiger partial charge < -0.3 is 9.84 Å². The molecule has 0 amide bonds. The molecule has 0 spiro atoms. The molecule has 2 aromatic carbocycles. The van der Waals surface area contributed by atoms with Crippen molar-refractivity contribution in [3.05, 3.63) is 88.2 Å². The van der Waals surface area contributed by atoms with Crippen LogP contribution in [0.15, 0.2) is 72.1 Å². The number of benzene rings is 2. The molecule has 0 bridgehead atoms. The Hall–Kier alpha value is -3.17. The van der Waals surface area contributed by atoms with Gasteiger partial charge in [-0.3, -0.25) is 4.90 Å². The molecule has 6 nitrogen and oxygen atoms in total. The van der Waals surface area contributed by atoms with Crippen molar-refractivity contribution >= 4 is 5.97 Å². The number of likely N-dealkylation sites (N-methyl/N-ethyl adjacent to an activating group) is 1. The SMILES string of the molecule is C/C(O)=C(\[N+]#N)C(=O)O[C@H](c1ccccc1)[C@H](C)N(C)Cc1ccccc1. The molecule has 0 aliphatic heterocycles. The van der Waals surface area contributed by atoms with Crippen molar-refractivity contribution in [1.82, 2.24) is 4.90 Å². The number of ether oxygens (including phenoxy) is 1. The van der Waals surface area contributed by atoms with Gasteiger partial charge >= 0.3 is 11.7 Å². The minimum absolute atomic E-state index is 0.171. The number of diazo groups is 1. The number of aliphatic hydroxyl groups excluding tert-OH is 1. The molecule has 1 N–H and O–H groups in total. The lowest BCUT2D eigenvalue weighted by atomic mass is 10.0. The van der Waals surface area contributed by atoms with Crippen LogP contribution in [0.25, 0.3) is 4.98 Å². The fraction of sp³-hybridized carbons (Fsp3) is 0.286. The van der Waals surface area contributed by atoms with Crippen LogP contribution in [-0.4, -0.2) is 29.1 Å². The van der Waals surface area contributed by atoms with Gasteiger partial charge in [0.1, 0.15) is 6.10 Å². The second kappa shape index (κ2) is 9.51. The number of rotatable bonds is 7. The minimum Gasteiger partial charge on any atom is -0.505 e. The van der Waals surface area contributed by atoms with Crippen molar-refractivity contribution in [3.63, 3.8) is 0 Å². The molecule has 6 heteroatoms. The van der Waals surface area contributed by atoms with E-state index in [4.69, 9.17) is 10.1 Å². The van der Waals surface area contributed by atoms with E-state index in [0.29, 0.717) is 6.54 Å². The van der Waals surface area contributed by atoms with Crippen molar-refractivity contribution < 1.29 is 14.6 Å². The average molecular weight is 366 g/mol. The maximum absolute atomic E-state index is 12.4. The van der Waals surface area contributed by atoms with E-state index in [1.54, 1.807) is 0 Å². The molecule has 0 saturated carbocycles. The summed E-state index contributed by atoms with van der Waals surface area (Å²) < 4.78 is 5.62. The monoisotopic (exact) mass is 366 g/mol. The van der Waals surface area contributed by atoms with Gasteiger partial charge in [0.25, 0.3) is 0 Å². The molecule has 0 heterocycles. The molecule has 0 aliphatic rings. The molecule has 0 unspecified atom stereocenters. The lowest BCUT2D eigenvalue weighted by Crippen LogP contribution is -2.36. The summed E-state index contributed by atoms with van der Waals surface area (Å²) in [7, 11) is 1.95. The van der Waals surface area contributed by atoms with Crippen molar-refractivity contribution in [1.29, 1.82) is 5.39 Å². The predicted molar refractivity (Wildman–Crippen MR) is 103 cm³/mol. The predicted octanol–water partition coefficient (Wildman–Crippen LogP) is 4.43. The Labute approximate surface area is 159 Å². The summed E-state index contributed by atoms with van der Waals surface area (Å²) in [5.41, 5.74) is 1.45. The number of aliphatic hydroxyl groups is 1. The summed E-state index contributed by atoms with van der Waals surface area (Å²) in [6, 6.07) is 19.2. The fourth-order valence-corrected chi connectivity index (χ4v) is 2.77. The van der Waals surface area contributed by atoms with Crippen molar-refractivity contribution in [2.75, 3.05) is 7.05 Å². The molecule has 0 radical (unpaired) electrons. The molecule has 0 fully saturated rings. The van der Waals surface area contributed by atoms with E-state index in [-0.39, 0.29) is 6.04 Å². The molecule has 27 heavy (non-hydrogen) atoms. The highest BCUT2D eigenvalue weighted by Crippen LogP contribution is 2.27. The summed E-state index contributed by atoms with van der Waals surface area (Å²) in [4.78, 5) is 17.3. The van der Waals surface area contributed by atoms with Crippen LogP contribution in [-0.2, 0) is 16.1 Å². The van der Waals surface area contributed by atoms with Crippen LogP contribution in [0.4, 0.5) is 0 Å². The Morgan fingerprint density at radius 2 is 1.70 bits per heavy atom.